The van der Waals surface area contributed by atoms with Crippen LogP contribution in [-0.4, -0.2) is 43.7 Å². The molecule has 7 nitrogen and oxygen atoms in total. The van der Waals surface area contributed by atoms with Crippen molar-refractivity contribution in [1.82, 2.24) is 9.62 Å². The summed E-state index contributed by atoms with van der Waals surface area (Å²) in [5.41, 5.74) is 3.53. The van der Waals surface area contributed by atoms with Crippen LogP contribution in [0.5, 0.6) is 0 Å². The Morgan fingerprint density at radius 2 is 1.67 bits per heavy atom. The lowest BCUT2D eigenvalue weighted by atomic mass is 10.1. The van der Waals surface area contributed by atoms with Gasteiger partial charge in [0, 0.05) is 38.7 Å². The molecule has 1 N–H and O–H groups in total. The van der Waals surface area contributed by atoms with Crippen LogP contribution in [0.3, 0.4) is 0 Å². The standard InChI is InChI=1S/C25H31N3O4S/c1-3-19-7-9-20(10-8-19)17-26-25(30)24-16-21-15-22(11-12-23(21)28(24)18(2)29)33(31,32)27-13-5-4-6-14-27/h7-12,15,24H,3-6,13-14,16-17H2,1-2H3,(H,26,30)/t24-/m0/s1. The van der Waals surface area contributed by atoms with Crippen molar-refractivity contribution in [1.29, 1.82) is 0 Å². The third kappa shape index (κ3) is 4.82. The molecule has 0 spiro atoms. The highest BCUT2D eigenvalue weighted by atomic mass is 32.2. The summed E-state index contributed by atoms with van der Waals surface area (Å²) in [6, 6.07) is 12.2. The third-order valence-electron chi connectivity index (χ3n) is 6.53. The Bertz CT molecular complexity index is 1140. The van der Waals surface area contributed by atoms with Gasteiger partial charge in [0.05, 0.1) is 4.90 Å². The number of nitrogens with one attached hydrogen (secondary N) is 1. The number of piperidine rings is 1. The van der Waals surface area contributed by atoms with Crippen molar-refractivity contribution in [3.63, 3.8) is 0 Å². The van der Waals surface area contributed by atoms with E-state index in [1.165, 1.54) is 21.7 Å². The van der Waals surface area contributed by atoms with Crippen molar-refractivity contribution in [2.45, 2.75) is 63.4 Å². The monoisotopic (exact) mass is 469 g/mol. The number of carbonyl (C=O) groups excluding carboxylic acids is 2. The number of rotatable bonds is 6. The summed E-state index contributed by atoms with van der Waals surface area (Å²) in [5, 5.41) is 2.94. The smallest absolute Gasteiger partial charge is 0.243 e. The van der Waals surface area contributed by atoms with Gasteiger partial charge in [0.25, 0.3) is 0 Å². The molecular weight excluding hydrogens is 438 g/mol. The fourth-order valence-corrected chi connectivity index (χ4v) is 6.21. The Kier molecular flexibility index (Phi) is 6.86. The van der Waals surface area contributed by atoms with Gasteiger partial charge < -0.3 is 5.32 Å². The van der Waals surface area contributed by atoms with Crippen LogP contribution in [0.25, 0.3) is 0 Å². The van der Waals surface area contributed by atoms with E-state index in [4.69, 9.17) is 0 Å². The number of benzene rings is 2. The number of nitrogens with zero attached hydrogens (tertiary/aromatic N) is 2. The normalized spacial score (nSPS) is 18.7. The first-order valence-electron chi connectivity index (χ1n) is 11.6. The number of amides is 2. The SMILES string of the molecule is CCc1ccc(CNC(=O)[C@@H]2Cc3cc(S(=O)(=O)N4CCCCC4)ccc3N2C(C)=O)cc1. The summed E-state index contributed by atoms with van der Waals surface area (Å²) >= 11 is 0. The molecule has 0 radical (unpaired) electrons. The molecule has 8 heteroatoms. The number of aryl methyl sites for hydroxylation is 1. The van der Waals surface area contributed by atoms with E-state index in [9.17, 15) is 18.0 Å². The number of anilines is 1. The van der Waals surface area contributed by atoms with Crippen LogP contribution in [0.4, 0.5) is 5.69 Å². The number of sulfonamides is 1. The molecule has 0 bridgehead atoms. The molecule has 4 rings (SSSR count). The molecule has 0 saturated carbocycles. The topological polar surface area (TPSA) is 86.8 Å². The molecule has 1 atom stereocenters. The van der Waals surface area contributed by atoms with Crippen molar-refractivity contribution >= 4 is 27.5 Å². The highest BCUT2D eigenvalue weighted by molar-refractivity contribution is 7.89. The quantitative estimate of drug-likeness (QED) is 0.705. The molecule has 0 unspecified atom stereocenters. The van der Waals surface area contributed by atoms with Crippen LogP contribution in [0, 0.1) is 0 Å². The number of hydrogen-bond donors (Lipinski definition) is 1. The van der Waals surface area contributed by atoms with Crippen LogP contribution in [-0.2, 0) is 39.0 Å². The summed E-state index contributed by atoms with van der Waals surface area (Å²) in [6.45, 7) is 4.95. The molecule has 2 aliphatic rings. The average Bonchev–Trinajstić information content (AvgIpc) is 3.22. The van der Waals surface area contributed by atoms with Gasteiger partial charge in [-0.25, -0.2) is 8.42 Å². The first-order chi connectivity index (χ1) is 15.8. The van der Waals surface area contributed by atoms with Crippen LogP contribution in [0.2, 0.25) is 0 Å². The second-order valence-electron chi connectivity index (χ2n) is 8.75. The van der Waals surface area contributed by atoms with Crippen molar-refractivity contribution in [3.8, 4) is 0 Å². The van der Waals surface area contributed by atoms with Gasteiger partial charge >= 0.3 is 0 Å². The summed E-state index contributed by atoms with van der Waals surface area (Å²) in [4.78, 5) is 27.1. The van der Waals surface area contributed by atoms with E-state index in [-0.39, 0.29) is 16.7 Å². The largest absolute Gasteiger partial charge is 0.350 e. The fraction of sp³-hybridized carbons (Fsp3) is 0.440. The predicted molar refractivity (Wildman–Crippen MR) is 127 cm³/mol. The minimum atomic E-state index is -3.58. The Morgan fingerprint density at radius 1 is 1.00 bits per heavy atom. The van der Waals surface area contributed by atoms with Crippen LogP contribution < -0.4 is 10.2 Å². The molecule has 1 fully saturated rings. The van der Waals surface area contributed by atoms with Gasteiger partial charge in [-0.1, -0.05) is 37.6 Å². The predicted octanol–water partition coefficient (Wildman–Crippen LogP) is 3.02. The van der Waals surface area contributed by atoms with Gasteiger partial charge in [0.2, 0.25) is 21.8 Å². The Hall–Kier alpha value is -2.71. The summed E-state index contributed by atoms with van der Waals surface area (Å²) in [7, 11) is -3.58. The molecule has 2 aromatic rings. The molecule has 0 aliphatic carbocycles. The first-order valence-corrected chi connectivity index (χ1v) is 13.0. The summed E-state index contributed by atoms with van der Waals surface area (Å²) in [5.74, 6) is -0.491. The highest BCUT2D eigenvalue weighted by Gasteiger charge is 2.38. The van der Waals surface area contributed by atoms with E-state index < -0.39 is 16.1 Å². The zero-order valence-electron chi connectivity index (χ0n) is 19.2. The number of carbonyl (C=O) groups is 2. The van der Waals surface area contributed by atoms with E-state index in [0.29, 0.717) is 37.3 Å². The lowest BCUT2D eigenvalue weighted by molar-refractivity contribution is -0.125. The van der Waals surface area contributed by atoms with E-state index in [1.807, 2.05) is 24.3 Å². The molecule has 2 amide bonds. The highest BCUT2D eigenvalue weighted by Crippen LogP contribution is 2.35. The second-order valence-corrected chi connectivity index (χ2v) is 10.7. The Balaban J connectivity index is 1.52. The maximum atomic E-state index is 13.1. The molecule has 176 valence electrons. The fourth-order valence-electron chi connectivity index (χ4n) is 4.64. The number of hydrogen-bond acceptors (Lipinski definition) is 4. The van der Waals surface area contributed by atoms with E-state index in [2.05, 4.69) is 12.2 Å². The van der Waals surface area contributed by atoms with Gasteiger partial charge in [-0.15, -0.1) is 0 Å². The zero-order valence-corrected chi connectivity index (χ0v) is 20.0. The Labute approximate surface area is 195 Å². The lowest BCUT2D eigenvalue weighted by Crippen LogP contribution is -2.47. The van der Waals surface area contributed by atoms with Gasteiger partial charge in [-0.3, -0.25) is 14.5 Å². The van der Waals surface area contributed by atoms with E-state index >= 15 is 0 Å². The number of fused-ring (bicyclic) bond motifs is 1. The second kappa shape index (κ2) is 9.65. The van der Waals surface area contributed by atoms with Crippen molar-refractivity contribution in [3.05, 3.63) is 59.2 Å². The third-order valence-corrected chi connectivity index (χ3v) is 8.42. The van der Waals surface area contributed by atoms with E-state index in [1.54, 1.807) is 18.2 Å². The van der Waals surface area contributed by atoms with Gasteiger partial charge in [0.1, 0.15) is 6.04 Å². The lowest BCUT2D eigenvalue weighted by Gasteiger charge is -2.26. The zero-order chi connectivity index (χ0) is 23.6. The first kappa shape index (κ1) is 23.4. The van der Waals surface area contributed by atoms with Gasteiger partial charge in [-0.05, 0) is 54.2 Å². The molecule has 2 heterocycles. The molecular formula is C25H31N3O4S. The summed E-state index contributed by atoms with van der Waals surface area (Å²) in [6.07, 6.45) is 4.02. The maximum absolute atomic E-state index is 13.1. The van der Waals surface area contributed by atoms with Crippen LogP contribution in [0.1, 0.15) is 49.8 Å². The summed E-state index contributed by atoms with van der Waals surface area (Å²) < 4.78 is 27.7. The molecule has 33 heavy (non-hydrogen) atoms. The van der Waals surface area contributed by atoms with Crippen molar-refractivity contribution in [2.24, 2.45) is 0 Å². The maximum Gasteiger partial charge on any atom is 0.243 e. The minimum absolute atomic E-state index is 0.226. The van der Waals surface area contributed by atoms with Crippen molar-refractivity contribution < 1.29 is 18.0 Å². The minimum Gasteiger partial charge on any atom is -0.350 e. The molecule has 1 saturated heterocycles. The van der Waals surface area contributed by atoms with Crippen LogP contribution >= 0.6 is 0 Å². The average molecular weight is 470 g/mol. The molecule has 0 aromatic heterocycles. The van der Waals surface area contributed by atoms with Gasteiger partial charge in [0.15, 0.2) is 0 Å². The molecule has 2 aromatic carbocycles. The van der Waals surface area contributed by atoms with Gasteiger partial charge in [-0.2, -0.15) is 4.31 Å². The van der Waals surface area contributed by atoms with Crippen molar-refractivity contribution in [2.75, 3.05) is 18.0 Å². The Morgan fingerprint density at radius 3 is 2.30 bits per heavy atom. The van der Waals surface area contributed by atoms with Crippen LogP contribution in [0.15, 0.2) is 47.4 Å². The molecule has 2 aliphatic heterocycles. The van der Waals surface area contributed by atoms with E-state index in [0.717, 1.165) is 31.2 Å².